The maximum absolute atomic E-state index is 11.5. The second-order valence-electron chi connectivity index (χ2n) is 4.79. The molecule has 0 fully saturated rings. The zero-order valence-electron chi connectivity index (χ0n) is 11.1. The van der Waals surface area contributed by atoms with Crippen molar-refractivity contribution in [3.05, 3.63) is 24.1 Å². The first-order valence-electron chi connectivity index (χ1n) is 6.22. The van der Waals surface area contributed by atoms with E-state index in [1.165, 1.54) is 12.3 Å². The van der Waals surface area contributed by atoms with Crippen molar-refractivity contribution in [1.29, 1.82) is 0 Å². The highest BCUT2D eigenvalue weighted by molar-refractivity contribution is 7.90. The second-order valence-corrected chi connectivity index (χ2v) is 6.80. The summed E-state index contributed by atoms with van der Waals surface area (Å²) in [6.45, 7) is 2.67. The molecule has 2 N–H and O–H groups in total. The van der Waals surface area contributed by atoms with E-state index < -0.39 is 9.84 Å². The first kappa shape index (κ1) is 14.0. The van der Waals surface area contributed by atoms with E-state index in [-0.39, 0.29) is 10.8 Å². The van der Waals surface area contributed by atoms with Gasteiger partial charge in [-0.15, -0.1) is 0 Å². The Bertz CT molecular complexity index is 676. The van der Waals surface area contributed by atoms with E-state index in [0.29, 0.717) is 23.5 Å². The average Bonchev–Trinajstić information content (AvgIpc) is 2.77. The molecule has 104 valence electrons. The van der Waals surface area contributed by atoms with Gasteiger partial charge >= 0.3 is 0 Å². The predicted molar refractivity (Wildman–Crippen MR) is 73.8 cm³/mol. The molecule has 1 unspecified atom stereocenters. The van der Waals surface area contributed by atoms with Crippen molar-refractivity contribution in [1.82, 2.24) is 4.98 Å². The summed E-state index contributed by atoms with van der Waals surface area (Å²) in [6.07, 6.45) is 3.00. The summed E-state index contributed by atoms with van der Waals surface area (Å²) >= 11 is 0. The Labute approximate surface area is 112 Å². The molecule has 1 aromatic heterocycles. The zero-order valence-corrected chi connectivity index (χ0v) is 11.9. The average molecular weight is 282 g/mol. The number of rotatable bonds is 5. The lowest BCUT2D eigenvalue weighted by Gasteiger charge is -2.04. The Balaban J connectivity index is 2.35. The first-order valence-corrected chi connectivity index (χ1v) is 8.11. The van der Waals surface area contributed by atoms with Gasteiger partial charge in [-0.05, 0) is 37.6 Å². The number of sulfone groups is 1. The molecule has 1 heterocycles. The fourth-order valence-electron chi connectivity index (χ4n) is 1.91. The predicted octanol–water partition coefficient (Wildman–Crippen LogP) is 2.07. The first-order chi connectivity index (χ1) is 8.91. The molecule has 1 atom stereocenters. The van der Waals surface area contributed by atoms with Gasteiger partial charge < -0.3 is 10.2 Å². The number of fused-ring (bicyclic) bond motifs is 1. The van der Waals surface area contributed by atoms with E-state index in [9.17, 15) is 8.42 Å². The molecule has 0 saturated heterocycles. The molecular weight excluding hydrogens is 264 g/mol. The summed E-state index contributed by atoms with van der Waals surface area (Å²) in [7, 11) is -3.22. The third-order valence-corrected chi connectivity index (χ3v) is 4.18. The van der Waals surface area contributed by atoms with Crippen LogP contribution in [0.1, 0.15) is 31.6 Å². The van der Waals surface area contributed by atoms with Crippen molar-refractivity contribution >= 4 is 20.9 Å². The minimum atomic E-state index is -3.22. The Kier molecular flexibility index (Phi) is 3.91. The number of nitrogens with zero attached hydrogens (tertiary/aromatic N) is 1. The highest BCUT2D eigenvalue weighted by Crippen LogP contribution is 2.26. The van der Waals surface area contributed by atoms with Gasteiger partial charge in [-0.25, -0.2) is 13.4 Å². The molecule has 0 aliphatic carbocycles. The Morgan fingerprint density at radius 3 is 2.79 bits per heavy atom. The van der Waals surface area contributed by atoms with Crippen LogP contribution in [0, 0.1) is 0 Å². The Hall–Kier alpha value is -1.40. The van der Waals surface area contributed by atoms with E-state index in [1.54, 1.807) is 12.1 Å². The molecule has 0 spiro atoms. The van der Waals surface area contributed by atoms with Crippen LogP contribution in [0.15, 0.2) is 27.5 Å². The number of benzene rings is 1. The minimum Gasteiger partial charge on any atom is -0.440 e. The summed E-state index contributed by atoms with van der Waals surface area (Å²) in [5.74, 6) is 0.812. The summed E-state index contributed by atoms with van der Waals surface area (Å²) in [4.78, 5) is 4.63. The van der Waals surface area contributed by atoms with Crippen molar-refractivity contribution in [2.24, 2.45) is 5.73 Å². The van der Waals surface area contributed by atoms with Crippen LogP contribution in [0.2, 0.25) is 0 Å². The molecule has 0 aliphatic rings. The number of hydrogen-bond donors (Lipinski definition) is 1. The maximum atomic E-state index is 11.5. The van der Waals surface area contributed by atoms with E-state index in [1.807, 2.05) is 6.92 Å². The van der Waals surface area contributed by atoms with Gasteiger partial charge in [0.25, 0.3) is 0 Å². The number of hydrogen-bond acceptors (Lipinski definition) is 5. The molecule has 19 heavy (non-hydrogen) atoms. The molecular formula is C13H18N2O3S. The van der Waals surface area contributed by atoms with Crippen molar-refractivity contribution in [2.45, 2.75) is 30.6 Å². The van der Waals surface area contributed by atoms with Gasteiger partial charge in [-0.3, -0.25) is 0 Å². The molecule has 2 rings (SSSR count). The van der Waals surface area contributed by atoms with Crippen LogP contribution in [-0.2, 0) is 9.84 Å². The minimum absolute atomic E-state index is 0.178. The highest BCUT2D eigenvalue weighted by atomic mass is 32.2. The third kappa shape index (κ3) is 3.13. The second kappa shape index (κ2) is 5.30. The lowest BCUT2D eigenvalue weighted by Crippen LogP contribution is -2.02. The van der Waals surface area contributed by atoms with Crippen molar-refractivity contribution in [3.63, 3.8) is 0 Å². The molecule has 0 bridgehead atoms. The standard InChI is InChI=1S/C13H18N2O3S/c1-9(4-3-7-14)13-15-11-8-10(19(2,16)17)5-6-12(11)18-13/h5-6,8-9H,3-4,7,14H2,1-2H3. The number of aromatic nitrogens is 1. The van der Waals surface area contributed by atoms with Crippen molar-refractivity contribution in [3.8, 4) is 0 Å². The van der Waals surface area contributed by atoms with Crippen molar-refractivity contribution in [2.75, 3.05) is 12.8 Å². The molecule has 1 aromatic carbocycles. The van der Waals surface area contributed by atoms with Crippen LogP contribution in [0.4, 0.5) is 0 Å². The quantitative estimate of drug-likeness (QED) is 0.907. The van der Waals surface area contributed by atoms with Crippen LogP contribution in [0.5, 0.6) is 0 Å². The van der Waals surface area contributed by atoms with Gasteiger partial charge in [0.1, 0.15) is 5.52 Å². The molecule has 0 saturated carbocycles. The molecule has 0 amide bonds. The Morgan fingerprint density at radius 1 is 1.42 bits per heavy atom. The normalized spacial score (nSPS) is 13.8. The largest absolute Gasteiger partial charge is 0.440 e. The molecule has 5 nitrogen and oxygen atoms in total. The monoisotopic (exact) mass is 282 g/mol. The van der Waals surface area contributed by atoms with Gasteiger partial charge in [0, 0.05) is 12.2 Å². The Morgan fingerprint density at radius 2 is 2.16 bits per heavy atom. The summed E-state index contributed by atoms with van der Waals surface area (Å²) < 4.78 is 28.6. The highest BCUT2D eigenvalue weighted by Gasteiger charge is 2.15. The van der Waals surface area contributed by atoms with Gasteiger partial charge in [0.05, 0.1) is 4.90 Å². The van der Waals surface area contributed by atoms with Crippen LogP contribution in [-0.4, -0.2) is 26.2 Å². The third-order valence-electron chi connectivity index (χ3n) is 3.07. The molecule has 2 aromatic rings. The smallest absolute Gasteiger partial charge is 0.198 e. The molecule has 0 radical (unpaired) electrons. The fourth-order valence-corrected chi connectivity index (χ4v) is 2.55. The van der Waals surface area contributed by atoms with Gasteiger partial charge in [-0.2, -0.15) is 0 Å². The lowest BCUT2D eigenvalue weighted by molar-refractivity contribution is 0.464. The number of nitrogens with two attached hydrogens (primary N) is 1. The summed E-state index contributed by atoms with van der Waals surface area (Å²) in [5, 5.41) is 0. The number of oxazole rings is 1. The van der Waals surface area contributed by atoms with Crippen LogP contribution in [0.3, 0.4) is 0 Å². The summed E-state index contributed by atoms with van der Waals surface area (Å²) in [6, 6.07) is 4.74. The van der Waals surface area contributed by atoms with E-state index in [2.05, 4.69) is 4.98 Å². The molecule has 6 heteroatoms. The maximum Gasteiger partial charge on any atom is 0.198 e. The molecule has 0 aliphatic heterocycles. The lowest BCUT2D eigenvalue weighted by atomic mass is 10.1. The fraction of sp³-hybridized carbons (Fsp3) is 0.462. The van der Waals surface area contributed by atoms with Crippen LogP contribution < -0.4 is 5.73 Å². The van der Waals surface area contributed by atoms with Crippen LogP contribution in [0.25, 0.3) is 11.1 Å². The van der Waals surface area contributed by atoms with Gasteiger partial charge in [-0.1, -0.05) is 6.92 Å². The van der Waals surface area contributed by atoms with Crippen LogP contribution >= 0.6 is 0 Å². The summed E-state index contributed by atoms with van der Waals surface area (Å²) in [5.41, 5.74) is 6.67. The SMILES string of the molecule is CC(CCCN)c1nc2cc(S(C)(=O)=O)ccc2o1. The van der Waals surface area contributed by atoms with Crippen molar-refractivity contribution < 1.29 is 12.8 Å². The topological polar surface area (TPSA) is 86.2 Å². The van der Waals surface area contributed by atoms with Gasteiger partial charge in [0.15, 0.2) is 21.3 Å². The van der Waals surface area contributed by atoms with E-state index in [4.69, 9.17) is 10.2 Å². The van der Waals surface area contributed by atoms with E-state index >= 15 is 0 Å². The van der Waals surface area contributed by atoms with Gasteiger partial charge in [0.2, 0.25) is 0 Å². The zero-order chi connectivity index (χ0) is 14.0. The van der Waals surface area contributed by atoms with E-state index in [0.717, 1.165) is 12.8 Å².